The third-order valence-corrected chi connectivity index (χ3v) is 2.75. The van der Waals surface area contributed by atoms with Crippen LogP contribution < -0.4 is 4.72 Å². The molecule has 15 heavy (non-hydrogen) atoms. The van der Waals surface area contributed by atoms with E-state index in [9.17, 15) is 13.2 Å². The number of hydrogen-bond acceptors (Lipinski definition) is 3. The maximum absolute atomic E-state index is 13.6. The van der Waals surface area contributed by atoms with Crippen LogP contribution in [0.1, 0.15) is 25.1 Å². The summed E-state index contributed by atoms with van der Waals surface area (Å²) in [5.41, 5.74) is -0.456. The van der Waals surface area contributed by atoms with E-state index in [4.69, 9.17) is 0 Å². The van der Waals surface area contributed by atoms with E-state index in [-0.39, 0.29) is 11.3 Å². The summed E-state index contributed by atoms with van der Waals surface area (Å²) in [6, 6.07) is 1.46. The number of aryl methyl sites for hydroxylation is 1. The van der Waals surface area contributed by atoms with Crippen molar-refractivity contribution in [1.29, 1.82) is 0 Å². The Morgan fingerprint density at radius 2 is 2.20 bits per heavy atom. The molecule has 0 bridgehead atoms. The highest BCUT2D eigenvalue weighted by atomic mass is 32.2. The Morgan fingerprint density at radius 3 is 2.73 bits per heavy atom. The third-order valence-electron chi connectivity index (χ3n) is 2.08. The highest BCUT2D eigenvalue weighted by molar-refractivity contribution is 7.77. The number of rotatable bonds is 3. The first-order valence-electron chi connectivity index (χ1n) is 4.33. The van der Waals surface area contributed by atoms with E-state index in [1.54, 1.807) is 13.8 Å². The highest BCUT2D eigenvalue weighted by Gasteiger charge is 2.24. The first kappa shape index (κ1) is 12.2. The molecule has 6 heteroatoms. The van der Waals surface area contributed by atoms with E-state index in [0.29, 0.717) is 0 Å². The lowest BCUT2D eigenvalue weighted by Crippen LogP contribution is -2.38. The van der Waals surface area contributed by atoms with Crippen molar-refractivity contribution in [2.75, 3.05) is 0 Å². The zero-order valence-corrected chi connectivity index (χ0v) is 9.52. The molecule has 0 radical (unpaired) electrons. The predicted molar refractivity (Wildman–Crippen MR) is 54.0 cm³/mol. The van der Waals surface area contributed by atoms with Crippen LogP contribution in [-0.4, -0.2) is 13.7 Å². The summed E-state index contributed by atoms with van der Waals surface area (Å²) in [6.45, 7) is 4.70. The van der Waals surface area contributed by atoms with Crippen molar-refractivity contribution < 1.29 is 13.2 Å². The van der Waals surface area contributed by atoms with Crippen molar-refractivity contribution in [3.8, 4) is 0 Å². The lowest BCUT2D eigenvalue weighted by atomic mass is 9.95. The molecule has 0 aliphatic rings. The minimum absolute atomic E-state index is 0.249. The van der Waals surface area contributed by atoms with Crippen LogP contribution in [0.15, 0.2) is 12.3 Å². The van der Waals surface area contributed by atoms with Gasteiger partial charge >= 0.3 is 0 Å². The standard InChI is InChI=1S/C9H13FN2O2S/c1-6-8(10)7(4-5-11-6)9(2,3)12-15(13)14/h4-5,12H,1-3H3,(H,13,14)/p-1. The van der Waals surface area contributed by atoms with Crippen molar-refractivity contribution in [2.24, 2.45) is 0 Å². The first-order valence-corrected chi connectivity index (χ1v) is 5.41. The van der Waals surface area contributed by atoms with Crippen LogP contribution in [0, 0.1) is 12.7 Å². The van der Waals surface area contributed by atoms with E-state index in [1.165, 1.54) is 19.2 Å². The molecule has 1 heterocycles. The first-order chi connectivity index (χ1) is 6.84. The van der Waals surface area contributed by atoms with Gasteiger partial charge in [-0.05, 0) is 26.8 Å². The minimum atomic E-state index is -2.44. The summed E-state index contributed by atoms with van der Waals surface area (Å²) in [7, 11) is 0. The van der Waals surface area contributed by atoms with Crippen molar-refractivity contribution >= 4 is 11.3 Å². The average molecular weight is 231 g/mol. The van der Waals surface area contributed by atoms with E-state index in [2.05, 4.69) is 9.71 Å². The van der Waals surface area contributed by atoms with Gasteiger partial charge in [0.15, 0.2) is 0 Å². The summed E-state index contributed by atoms with van der Waals surface area (Å²) < 4.78 is 37.0. The average Bonchev–Trinajstić information content (AvgIpc) is 2.07. The molecular weight excluding hydrogens is 219 g/mol. The Morgan fingerprint density at radius 1 is 1.60 bits per heavy atom. The van der Waals surface area contributed by atoms with Gasteiger partial charge in [-0.25, -0.2) is 9.11 Å². The molecule has 1 aromatic rings. The summed E-state index contributed by atoms with van der Waals surface area (Å²) in [5.74, 6) is -0.486. The van der Waals surface area contributed by atoms with Gasteiger partial charge in [0, 0.05) is 23.0 Å². The van der Waals surface area contributed by atoms with E-state index in [0.717, 1.165) is 0 Å². The highest BCUT2D eigenvalue weighted by Crippen LogP contribution is 2.23. The topological polar surface area (TPSA) is 65.0 Å². The molecule has 0 amide bonds. The molecule has 0 aliphatic heterocycles. The molecule has 0 aromatic carbocycles. The Balaban J connectivity index is 3.14. The van der Waals surface area contributed by atoms with Gasteiger partial charge in [-0.15, -0.1) is 0 Å². The second kappa shape index (κ2) is 4.34. The molecule has 0 saturated heterocycles. The predicted octanol–water partition coefficient (Wildman–Crippen LogP) is 1.15. The number of nitrogens with one attached hydrogen (secondary N) is 1. The lowest BCUT2D eigenvalue weighted by molar-refractivity contribution is 0.428. The van der Waals surface area contributed by atoms with Crippen molar-refractivity contribution in [3.63, 3.8) is 0 Å². The minimum Gasteiger partial charge on any atom is -0.760 e. The molecule has 4 nitrogen and oxygen atoms in total. The Labute approximate surface area is 90.3 Å². The van der Waals surface area contributed by atoms with E-state index >= 15 is 0 Å². The van der Waals surface area contributed by atoms with Gasteiger partial charge in [0.05, 0.1) is 11.2 Å². The summed E-state index contributed by atoms with van der Waals surface area (Å²) >= 11 is -2.44. The summed E-state index contributed by atoms with van der Waals surface area (Å²) in [5, 5.41) is 0. The number of pyridine rings is 1. The fraction of sp³-hybridized carbons (Fsp3) is 0.444. The molecule has 0 aliphatic carbocycles. The summed E-state index contributed by atoms with van der Waals surface area (Å²) in [6.07, 6.45) is 1.45. The molecule has 1 unspecified atom stereocenters. The molecule has 84 valence electrons. The molecule has 0 fully saturated rings. The number of hydrogen-bond donors (Lipinski definition) is 1. The Bertz CT molecular complexity index is 396. The fourth-order valence-electron chi connectivity index (χ4n) is 1.29. The zero-order chi connectivity index (χ0) is 11.6. The van der Waals surface area contributed by atoms with Crippen molar-refractivity contribution in [3.05, 3.63) is 29.3 Å². The zero-order valence-electron chi connectivity index (χ0n) is 8.70. The normalized spacial score (nSPS) is 13.9. The van der Waals surface area contributed by atoms with Crippen LogP contribution in [0.4, 0.5) is 4.39 Å². The second-order valence-electron chi connectivity index (χ2n) is 3.72. The molecule has 1 aromatic heterocycles. The van der Waals surface area contributed by atoms with Crippen LogP contribution in [0.3, 0.4) is 0 Å². The van der Waals surface area contributed by atoms with Crippen LogP contribution in [0.5, 0.6) is 0 Å². The van der Waals surface area contributed by atoms with Crippen LogP contribution >= 0.6 is 0 Å². The SMILES string of the molecule is Cc1nccc(C(C)(C)NS(=O)[O-])c1F. The maximum atomic E-state index is 13.6. The Hall–Kier alpha value is -0.850. The molecular formula is C9H12FN2O2S-. The smallest absolute Gasteiger partial charge is 0.149 e. The van der Waals surface area contributed by atoms with Crippen molar-refractivity contribution in [2.45, 2.75) is 26.3 Å². The lowest BCUT2D eigenvalue weighted by Gasteiger charge is -2.28. The number of nitrogens with zero attached hydrogens (tertiary/aromatic N) is 1. The largest absolute Gasteiger partial charge is 0.760 e. The van der Waals surface area contributed by atoms with Gasteiger partial charge < -0.3 is 4.55 Å². The van der Waals surface area contributed by atoms with E-state index < -0.39 is 22.6 Å². The van der Waals surface area contributed by atoms with Gasteiger partial charge in [0.2, 0.25) is 0 Å². The Kier molecular flexibility index (Phi) is 3.54. The quantitative estimate of drug-likeness (QED) is 0.793. The van der Waals surface area contributed by atoms with Crippen molar-refractivity contribution in [1.82, 2.24) is 9.71 Å². The second-order valence-corrected chi connectivity index (χ2v) is 4.39. The number of halogens is 1. The van der Waals surface area contributed by atoms with Crippen LogP contribution in [0.2, 0.25) is 0 Å². The van der Waals surface area contributed by atoms with Crippen LogP contribution in [0.25, 0.3) is 0 Å². The van der Waals surface area contributed by atoms with Gasteiger partial charge in [-0.1, -0.05) is 0 Å². The fourth-order valence-corrected chi connectivity index (χ4v) is 1.82. The monoisotopic (exact) mass is 231 g/mol. The third kappa shape index (κ3) is 2.80. The summed E-state index contributed by atoms with van der Waals surface area (Å²) in [4.78, 5) is 3.78. The molecule has 1 N–H and O–H groups in total. The van der Waals surface area contributed by atoms with E-state index in [1.807, 2.05) is 0 Å². The number of aromatic nitrogens is 1. The van der Waals surface area contributed by atoms with Gasteiger partial charge in [-0.3, -0.25) is 9.19 Å². The molecule has 1 rings (SSSR count). The molecule has 1 atom stereocenters. The molecule has 0 spiro atoms. The van der Waals surface area contributed by atoms with Gasteiger partial charge in [0.1, 0.15) is 5.82 Å². The van der Waals surface area contributed by atoms with Gasteiger partial charge in [0.25, 0.3) is 0 Å². The maximum Gasteiger partial charge on any atom is 0.149 e. The van der Waals surface area contributed by atoms with Crippen LogP contribution in [-0.2, 0) is 16.8 Å². The van der Waals surface area contributed by atoms with Gasteiger partial charge in [-0.2, -0.15) is 0 Å². The molecule has 0 saturated carbocycles.